The lowest BCUT2D eigenvalue weighted by atomic mass is 10.1. The Morgan fingerprint density at radius 2 is 1.61 bits per heavy atom. The van der Waals surface area contributed by atoms with Crippen LogP contribution < -0.4 is 5.32 Å². The molecule has 0 heterocycles. The molecule has 0 aromatic heterocycles. The zero-order valence-electron chi connectivity index (χ0n) is 12.9. The maximum absolute atomic E-state index is 10.0. The van der Waals surface area contributed by atoms with E-state index in [-0.39, 0.29) is 17.2 Å². The molecule has 0 aliphatic heterocycles. The molecule has 2 aromatic carbocycles. The molecule has 0 saturated heterocycles. The average Bonchev–Trinajstić information content (AvgIpc) is 2.54. The lowest BCUT2D eigenvalue weighted by molar-refractivity contribution is 0.174. The van der Waals surface area contributed by atoms with Crippen LogP contribution in [0.2, 0.25) is 0 Å². The van der Waals surface area contributed by atoms with Crippen LogP contribution in [-0.2, 0) is 6.42 Å². The molecule has 23 heavy (non-hydrogen) atoms. The largest absolute Gasteiger partial charge is 0.508 e. The number of unbranched alkanes of at least 4 members (excludes halogenated alkanes) is 1. The van der Waals surface area contributed by atoms with E-state index in [0.717, 1.165) is 25.8 Å². The Balaban J connectivity index is 1.63. The fourth-order valence-corrected chi connectivity index (χ4v) is 2.35. The first-order valence-corrected chi connectivity index (χ1v) is 7.75. The first kappa shape index (κ1) is 17.1. The van der Waals surface area contributed by atoms with Crippen LogP contribution in [0.5, 0.6) is 17.2 Å². The van der Waals surface area contributed by atoms with Crippen molar-refractivity contribution < 1.29 is 20.4 Å². The summed E-state index contributed by atoms with van der Waals surface area (Å²) < 4.78 is 0. The van der Waals surface area contributed by atoms with Gasteiger partial charge in [0, 0.05) is 6.54 Å². The zero-order chi connectivity index (χ0) is 16.7. The Morgan fingerprint density at radius 1 is 0.870 bits per heavy atom. The lowest BCUT2D eigenvalue weighted by Gasteiger charge is -2.13. The van der Waals surface area contributed by atoms with Crippen molar-refractivity contribution in [3.05, 3.63) is 53.6 Å². The number of aliphatic hydroxyl groups excluding tert-OH is 1. The molecule has 0 aliphatic carbocycles. The molecule has 2 aromatic rings. The Morgan fingerprint density at radius 3 is 2.30 bits per heavy atom. The van der Waals surface area contributed by atoms with Gasteiger partial charge in [0.25, 0.3) is 0 Å². The van der Waals surface area contributed by atoms with Crippen molar-refractivity contribution in [2.75, 3.05) is 13.1 Å². The van der Waals surface area contributed by atoms with Gasteiger partial charge in [0.2, 0.25) is 0 Å². The maximum atomic E-state index is 10.0. The molecule has 124 valence electrons. The minimum Gasteiger partial charge on any atom is -0.508 e. The molecule has 5 nitrogen and oxygen atoms in total. The van der Waals surface area contributed by atoms with E-state index in [2.05, 4.69) is 5.32 Å². The van der Waals surface area contributed by atoms with Gasteiger partial charge >= 0.3 is 0 Å². The van der Waals surface area contributed by atoms with Crippen LogP contribution in [0.15, 0.2) is 42.5 Å². The number of hydrogen-bond acceptors (Lipinski definition) is 5. The highest BCUT2D eigenvalue weighted by atomic mass is 16.3. The van der Waals surface area contributed by atoms with E-state index < -0.39 is 6.10 Å². The van der Waals surface area contributed by atoms with Crippen LogP contribution in [0.25, 0.3) is 0 Å². The minimum atomic E-state index is -0.724. The summed E-state index contributed by atoms with van der Waals surface area (Å²) >= 11 is 0. The monoisotopic (exact) mass is 317 g/mol. The number of phenols is 3. The summed E-state index contributed by atoms with van der Waals surface area (Å²) in [6.45, 7) is 1.18. The van der Waals surface area contributed by atoms with Gasteiger partial charge in [-0.3, -0.25) is 0 Å². The number of phenolic OH excluding ortho intramolecular Hbond substituents is 3. The molecule has 0 unspecified atom stereocenters. The normalized spacial score (nSPS) is 12.2. The standard InChI is InChI=1S/C18H23NO4/c20-15-7-4-13(5-8-15)3-1-2-10-19-12-18(23)14-6-9-16(21)17(22)11-14/h4-9,11,18-23H,1-3,10,12H2/t18-/m1/s1. The molecule has 0 aliphatic rings. The number of aromatic hydroxyl groups is 3. The van der Waals surface area contributed by atoms with E-state index in [0.29, 0.717) is 12.1 Å². The van der Waals surface area contributed by atoms with Crippen molar-refractivity contribution in [1.29, 1.82) is 0 Å². The number of hydrogen-bond donors (Lipinski definition) is 5. The van der Waals surface area contributed by atoms with E-state index in [1.54, 1.807) is 18.2 Å². The van der Waals surface area contributed by atoms with Gasteiger partial charge in [-0.05, 0) is 61.2 Å². The summed E-state index contributed by atoms with van der Waals surface area (Å²) in [5.74, 6) is -0.136. The van der Waals surface area contributed by atoms with Crippen LogP contribution in [0.4, 0.5) is 0 Å². The third-order valence-electron chi connectivity index (χ3n) is 3.73. The molecule has 0 saturated carbocycles. The number of nitrogens with one attached hydrogen (secondary N) is 1. The molecular formula is C18H23NO4. The van der Waals surface area contributed by atoms with E-state index in [9.17, 15) is 20.4 Å². The molecule has 5 N–H and O–H groups in total. The topological polar surface area (TPSA) is 93.0 Å². The molecule has 1 atom stereocenters. The Bertz CT molecular complexity index is 613. The van der Waals surface area contributed by atoms with Crippen molar-refractivity contribution >= 4 is 0 Å². The van der Waals surface area contributed by atoms with Gasteiger partial charge in [-0.1, -0.05) is 18.2 Å². The molecule has 0 bridgehead atoms. The predicted octanol–water partition coefficient (Wildman–Crippen LogP) is 2.45. The summed E-state index contributed by atoms with van der Waals surface area (Å²) in [7, 11) is 0. The molecule has 0 radical (unpaired) electrons. The third-order valence-corrected chi connectivity index (χ3v) is 3.73. The Labute approximate surface area is 135 Å². The summed E-state index contributed by atoms with van der Waals surface area (Å²) in [5, 5.41) is 41.1. The number of aryl methyl sites for hydroxylation is 1. The van der Waals surface area contributed by atoms with Crippen molar-refractivity contribution in [2.45, 2.75) is 25.4 Å². The van der Waals surface area contributed by atoms with Gasteiger partial charge < -0.3 is 25.7 Å². The van der Waals surface area contributed by atoms with Crippen LogP contribution in [0, 0.1) is 0 Å². The maximum Gasteiger partial charge on any atom is 0.157 e. The summed E-state index contributed by atoms with van der Waals surface area (Å²) in [6.07, 6.45) is 2.23. The van der Waals surface area contributed by atoms with Gasteiger partial charge in [-0.2, -0.15) is 0 Å². The van der Waals surface area contributed by atoms with Gasteiger partial charge in [0.1, 0.15) is 5.75 Å². The quantitative estimate of drug-likeness (QED) is 0.381. The van der Waals surface area contributed by atoms with Gasteiger partial charge in [0.05, 0.1) is 6.10 Å². The van der Waals surface area contributed by atoms with E-state index in [4.69, 9.17) is 0 Å². The molecule has 0 amide bonds. The zero-order valence-corrected chi connectivity index (χ0v) is 12.9. The van der Waals surface area contributed by atoms with Gasteiger partial charge in [0.15, 0.2) is 11.5 Å². The van der Waals surface area contributed by atoms with Crippen LogP contribution in [0.1, 0.15) is 30.1 Å². The fourth-order valence-electron chi connectivity index (χ4n) is 2.35. The van der Waals surface area contributed by atoms with E-state index in [1.165, 1.54) is 17.7 Å². The highest BCUT2D eigenvalue weighted by Gasteiger charge is 2.09. The fraction of sp³-hybridized carbons (Fsp3) is 0.333. The van der Waals surface area contributed by atoms with Crippen molar-refractivity contribution in [3.63, 3.8) is 0 Å². The summed E-state index contributed by atoms with van der Waals surface area (Å²) in [5.41, 5.74) is 1.76. The smallest absolute Gasteiger partial charge is 0.157 e. The molecule has 2 rings (SSSR count). The second kappa shape index (κ2) is 8.41. The van der Waals surface area contributed by atoms with E-state index in [1.807, 2.05) is 12.1 Å². The van der Waals surface area contributed by atoms with Crippen molar-refractivity contribution in [3.8, 4) is 17.2 Å². The van der Waals surface area contributed by atoms with Gasteiger partial charge in [-0.15, -0.1) is 0 Å². The highest BCUT2D eigenvalue weighted by Crippen LogP contribution is 2.27. The second-order valence-electron chi connectivity index (χ2n) is 5.59. The second-order valence-corrected chi connectivity index (χ2v) is 5.59. The van der Waals surface area contributed by atoms with Crippen LogP contribution in [-0.4, -0.2) is 33.5 Å². The number of benzene rings is 2. The molecule has 0 fully saturated rings. The third kappa shape index (κ3) is 5.47. The average molecular weight is 317 g/mol. The predicted molar refractivity (Wildman–Crippen MR) is 88.6 cm³/mol. The summed E-state index contributed by atoms with van der Waals surface area (Å²) in [6, 6.07) is 11.5. The number of aliphatic hydroxyl groups is 1. The minimum absolute atomic E-state index is 0.192. The lowest BCUT2D eigenvalue weighted by Crippen LogP contribution is -2.22. The Hall–Kier alpha value is -2.24. The van der Waals surface area contributed by atoms with Gasteiger partial charge in [-0.25, -0.2) is 0 Å². The van der Waals surface area contributed by atoms with Crippen molar-refractivity contribution in [2.24, 2.45) is 0 Å². The van der Waals surface area contributed by atoms with E-state index >= 15 is 0 Å². The number of rotatable bonds is 8. The SMILES string of the molecule is Oc1ccc(CCCCNC[C@@H](O)c2ccc(O)c(O)c2)cc1. The molecular weight excluding hydrogens is 294 g/mol. The first-order chi connectivity index (χ1) is 11.1. The first-order valence-electron chi connectivity index (χ1n) is 7.75. The highest BCUT2D eigenvalue weighted by molar-refractivity contribution is 5.41. The molecule has 5 heteroatoms. The molecule has 0 spiro atoms. The van der Waals surface area contributed by atoms with Crippen molar-refractivity contribution in [1.82, 2.24) is 5.32 Å². The Kier molecular flexibility index (Phi) is 6.26. The van der Waals surface area contributed by atoms with Crippen LogP contribution >= 0.6 is 0 Å². The summed E-state index contributed by atoms with van der Waals surface area (Å²) in [4.78, 5) is 0. The van der Waals surface area contributed by atoms with Crippen LogP contribution in [0.3, 0.4) is 0 Å².